The van der Waals surface area contributed by atoms with E-state index in [-0.39, 0.29) is 23.5 Å². The van der Waals surface area contributed by atoms with E-state index in [0.717, 1.165) is 16.5 Å². The van der Waals surface area contributed by atoms with E-state index in [1.54, 1.807) is 4.90 Å². The van der Waals surface area contributed by atoms with Crippen LogP contribution in [0.3, 0.4) is 0 Å². The number of Topliss-reactive ketones (excluding diaryl/α,β-unsaturated/α-hetero) is 1. The van der Waals surface area contributed by atoms with Crippen LogP contribution in [0.15, 0.2) is 59.0 Å². The first kappa shape index (κ1) is 20.5. The quantitative estimate of drug-likeness (QED) is 0.425. The molecule has 0 atom stereocenters. The number of fused-ring (bicyclic) bond motifs is 1. The van der Waals surface area contributed by atoms with Gasteiger partial charge >= 0.3 is 0 Å². The van der Waals surface area contributed by atoms with Crippen LogP contribution in [0.1, 0.15) is 34.0 Å². The number of aryl methyl sites for hydroxylation is 1. The van der Waals surface area contributed by atoms with Gasteiger partial charge in [-0.1, -0.05) is 29.8 Å². The van der Waals surface area contributed by atoms with E-state index in [9.17, 15) is 9.59 Å². The molecule has 5 rings (SSSR count). The van der Waals surface area contributed by atoms with E-state index in [4.69, 9.17) is 16.0 Å². The summed E-state index contributed by atoms with van der Waals surface area (Å²) in [7, 11) is 1.87. The summed E-state index contributed by atoms with van der Waals surface area (Å²) in [6, 6.07) is 16.8. The lowest BCUT2D eigenvalue weighted by Crippen LogP contribution is -2.41. The van der Waals surface area contributed by atoms with Gasteiger partial charge in [-0.05, 0) is 49.2 Å². The van der Waals surface area contributed by atoms with Crippen molar-refractivity contribution < 1.29 is 14.0 Å². The van der Waals surface area contributed by atoms with Crippen LogP contribution in [-0.4, -0.2) is 44.4 Å². The van der Waals surface area contributed by atoms with Crippen molar-refractivity contribution in [2.24, 2.45) is 13.0 Å². The van der Waals surface area contributed by atoms with Crippen molar-refractivity contribution in [1.29, 1.82) is 0 Å². The van der Waals surface area contributed by atoms with Crippen molar-refractivity contribution in [1.82, 2.24) is 19.7 Å². The summed E-state index contributed by atoms with van der Waals surface area (Å²) in [4.78, 5) is 27.8. The molecule has 0 aliphatic carbocycles. The molecule has 0 spiro atoms. The third-order valence-corrected chi connectivity index (χ3v) is 6.27. The second-order valence-electron chi connectivity index (χ2n) is 8.00. The minimum absolute atomic E-state index is 0.0270. The van der Waals surface area contributed by atoms with Crippen LogP contribution < -0.4 is 0 Å². The zero-order valence-corrected chi connectivity index (χ0v) is 18.2. The molecule has 2 aromatic heterocycles. The second-order valence-corrected chi connectivity index (χ2v) is 8.44. The van der Waals surface area contributed by atoms with Crippen molar-refractivity contribution in [3.63, 3.8) is 0 Å². The van der Waals surface area contributed by atoms with Crippen molar-refractivity contribution in [3.05, 3.63) is 71.2 Å². The van der Waals surface area contributed by atoms with Gasteiger partial charge in [-0.2, -0.15) is 0 Å². The molecule has 0 unspecified atom stereocenters. The topological polar surface area (TPSA) is 81.2 Å². The van der Waals surface area contributed by atoms with Crippen LogP contribution in [0, 0.1) is 5.92 Å². The molecule has 4 aromatic rings. The summed E-state index contributed by atoms with van der Waals surface area (Å²) in [6.45, 7) is 0.994. The van der Waals surface area contributed by atoms with Gasteiger partial charge in [0.25, 0.3) is 11.8 Å². The molecule has 0 bridgehead atoms. The maximum Gasteiger partial charge on any atom is 0.284 e. The minimum atomic E-state index is -0.241. The zero-order valence-electron chi connectivity index (χ0n) is 17.5. The van der Waals surface area contributed by atoms with Gasteiger partial charge in [0, 0.05) is 47.5 Å². The van der Waals surface area contributed by atoms with Gasteiger partial charge in [0.05, 0.1) is 0 Å². The summed E-state index contributed by atoms with van der Waals surface area (Å²) in [5, 5.41) is 9.53. The number of nitrogens with zero attached hydrogens (tertiary/aromatic N) is 4. The highest BCUT2D eigenvalue weighted by Crippen LogP contribution is 2.27. The predicted octanol–water partition coefficient (Wildman–Crippen LogP) is 4.62. The minimum Gasteiger partial charge on any atom is -0.414 e. The average Bonchev–Trinajstić information content (AvgIpc) is 3.44. The number of aromatic nitrogens is 3. The van der Waals surface area contributed by atoms with Crippen molar-refractivity contribution in [2.75, 3.05) is 13.1 Å². The molecule has 0 radical (unpaired) electrons. The fourth-order valence-electron chi connectivity index (χ4n) is 4.23. The lowest BCUT2D eigenvalue weighted by atomic mass is 9.92. The first-order valence-electron chi connectivity index (χ1n) is 10.5. The fourth-order valence-corrected chi connectivity index (χ4v) is 4.41. The number of rotatable bonds is 4. The molecular formula is C24H21ClN4O3. The largest absolute Gasteiger partial charge is 0.414 e. The summed E-state index contributed by atoms with van der Waals surface area (Å²) < 4.78 is 7.50. The zero-order chi connectivity index (χ0) is 22.2. The van der Waals surface area contributed by atoms with E-state index in [1.165, 1.54) is 0 Å². The molecule has 32 heavy (non-hydrogen) atoms. The number of piperidine rings is 1. The van der Waals surface area contributed by atoms with Gasteiger partial charge in [-0.3, -0.25) is 9.59 Å². The highest BCUT2D eigenvalue weighted by molar-refractivity contribution is 6.31. The van der Waals surface area contributed by atoms with Gasteiger partial charge in [-0.15, -0.1) is 10.2 Å². The summed E-state index contributed by atoms with van der Waals surface area (Å²) in [5.41, 5.74) is 2.33. The fraction of sp³-hybridized carbons (Fsp3) is 0.250. The number of halogens is 1. The SMILES string of the molecule is Cn1c(C(=O)N2CCC(C(=O)c3nnc(-c4ccccc4)o3)CC2)cc2cc(Cl)ccc21. The molecular weight excluding hydrogens is 428 g/mol. The number of amides is 1. The molecule has 2 aromatic carbocycles. The molecule has 0 saturated carbocycles. The van der Waals surface area contributed by atoms with E-state index in [1.807, 2.05) is 66.2 Å². The molecule has 1 aliphatic heterocycles. The first-order chi connectivity index (χ1) is 15.5. The second kappa shape index (κ2) is 8.24. The highest BCUT2D eigenvalue weighted by atomic mass is 35.5. The Morgan fingerprint density at radius 3 is 2.53 bits per heavy atom. The normalized spacial score (nSPS) is 14.8. The lowest BCUT2D eigenvalue weighted by molar-refractivity contribution is 0.0634. The molecule has 1 fully saturated rings. The number of carbonyl (C=O) groups is 2. The Hall–Kier alpha value is -3.45. The molecule has 162 valence electrons. The van der Waals surface area contributed by atoms with E-state index in [2.05, 4.69) is 10.2 Å². The molecule has 3 heterocycles. The number of carbonyl (C=O) groups excluding carboxylic acids is 2. The molecule has 0 N–H and O–H groups in total. The van der Waals surface area contributed by atoms with Crippen LogP contribution >= 0.6 is 11.6 Å². The van der Waals surface area contributed by atoms with E-state index in [0.29, 0.717) is 42.5 Å². The molecule has 1 saturated heterocycles. The molecule has 1 amide bonds. The number of hydrogen-bond acceptors (Lipinski definition) is 5. The Bertz CT molecular complexity index is 1300. The first-order valence-corrected chi connectivity index (χ1v) is 10.9. The third-order valence-electron chi connectivity index (χ3n) is 6.03. The van der Waals surface area contributed by atoms with Crippen molar-refractivity contribution >= 4 is 34.2 Å². The highest BCUT2D eigenvalue weighted by Gasteiger charge is 2.32. The van der Waals surface area contributed by atoms with E-state index < -0.39 is 0 Å². The summed E-state index contributed by atoms with van der Waals surface area (Å²) in [6.07, 6.45) is 1.12. The van der Waals surface area contributed by atoms with Crippen LogP contribution in [0.2, 0.25) is 5.02 Å². The Balaban J connectivity index is 1.26. The third kappa shape index (κ3) is 3.69. The van der Waals surface area contributed by atoms with Gasteiger partial charge in [0.1, 0.15) is 5.69 Å². The predicted molar refractivity (Wildman–Crippen MR) is 121 cm³/mol. The lowest BCUT2D eigenvalue weighted by Gasteiger charge is -2.30. The smallest absolute Gasteiger partial charge is 0.284 e. The molecule has 8 heteroatoms. The maximum atomic E-state index is 13.1. The van der Waals surface area contributed by atoms with Gasteiger partial charge < -0.3 is 13.9 Å². The monoisotopic (exact) mass is 448 g/mol. The number of benzene rings is 2. The summed E-state index contributed by atoms with van der Waals surface area (Å²) in [5.74, 6) is -0.0908. The average molecular weight is 449 g/mol. The van der Waals surface area contributed by atoms with Crippen LogP contribution in [-0.2, 0) is 7.05 Å². The molecule has 7 nitrogen and oxygen atoms in total. The Labute approximate surface area is 189 Å². The standard InChI is InChI=1S/C24H21ClN4O3/c1-28-19-8-7-18(25)13-17(19)14-20(28)24(31)29-11-9-15(10-12-29)21(30)23-27-26-22(32-23)16-5-3-2-4-6-16/h2-8,13-15H,9-12H2,1H3. The van der Waals surface area contributed by atoms with Gasteiger partial charge in [0.2, 0.25) is 11.7 Å². The van der Waals surface area contributed by atoms with Crippen LogP contribution in [0.25, 0.3) is 22.4 Å². The maximum absolute atomic E-state index is 13.1. The van der Waals surface area contributed by atoms with Gasteiger partial charge in [-0.25, -0.2) is 0 Å². The van der Waals surface area contributed by atoms with Crippen LogP contribution in [0.5, 0.6) is 0 Å². The Morgan fingerprint density at radius 1 is 1.03 bits per heavy atom. The number of hydrogen-bond donors (Lipinski definition) is 0. The number of likely N-dealkylation sites (tertiary alicyclic amines) is 1. The van der Waals surface area contributed by atoms with Crippen molar-refractivity contribution in [3.8, 4) is 11.5 Å². The Morgan fingerprint density at radius 2 is 1.78 bits per heavy atom. The van der Waals surface area contributed by atoms with Crippen molar-refractivity contribution in [2.45, 2.75) is 12.8 Å². The Kier molecular flexibility index (Phi) is 5.27. The van der Waals surface area contributed by atoms with E-state index >= 15 is 0 Å². The summed E-state index contributed by atoms with van der Waals surface area (Å²) >= 11 is 6.09. The number of ketones is 1. The van der Waals surface area contributed by atoms with Gasteiger partial charge in [0.15, 0.2) is 0 Å². The van der Waals surface area contributed by atoms with Crippen LogP contribution in [0.4, 0.5) is 0 Å². The molecule has 1 aliphatic rings.